The van der Waals surface area contributed by atoms with Crippen LogP contribution in [0, 0.1) is 0 Å². The van der Waals surface area contributed by atoms with E-state index in [1.54, 1.807) is 28.4 Å². The Bertz CT molecular complexity index is 1010. The van der Waals surface area contributed by atoms with Crippen LogP contribution < -0.4 is 45.0 Å². The Balaban J connectivity index is 1.77. The van der Waals surface area contributed by atoms with Gasteiger partial charge in [-0.1, -0.05) is 0 Å². The summed E-state index contributed by atoms with van der Waals surface area (Å²) in [7, 11) is 4.69. The van der Waals surface area contributed by atoms with E-state index in [9.17, 15) is 0 Å². The molecule has 0 saturated heterocycles. The lowest BCUT2D eigenvalue weighted by Gasteiger charge is -2.26. The maximum absolute atomic E-state index is 5.55. The van der Waals surface area contributed by atoms with Crippen LogP contribution in [0.5, 0.6) is 23.0 Å². The molecule has 4 aromatic carbocycles. The second kappa shape index (κ2) is 12.0. The molecule has 4 rings (SSSR count). The van der Waals surface area contributed by atoms with E-state index in [1.807, 2.05) is 48.5 Å². The molecule has 0 aliphatic carbocycles. The van der Waals surface area contributed by atoms with Gasteiger partial charge in [0.1, 0.15) is 23.0 Å². The average molecular weight is 504 g/mol. The van der Waals surface area contributed by atoms with Crippen LogP contribution >= 0.6 is 16.1 Å². The molecule has 0 saturated carbocycles. The molecule has 0 bridgehead atoms. The zero-order valence-corrected chi connectivity index (χ0v) is 22.0. The lowest BCUT2D eigenvalue weighted by atomic mass is 10.3. The molecule has 0 amide bonds. The molecule has 0 N–H and O–H groups in total. The average Bonchev–Trinajstić information content (AvgIpc) is 2.94. The van der Waals surface area contributed by atoms with Gasteiger partial charge in [-0.2, -0.15) is 4.86 Å². The van der Waals surface area contributed by atoms with E-state index in [0.29, 0.717) is 0 Å². The summed E-state index contributed by atoms with van der Waals surface area (Å²) in [5.74, 6) is 3.30. The minimum Gasteiger partial charge on any atom is -0.497 e. The molecule has 0 aliphatic rings. The van der Waals surface area contributed by atoms with Crippen LogP contribution in [-0.2, 0) is 0 Å². The summed E-state index contributed by atoms with van der Waals surface area (Å²) >= 11 is 0. The van der Waals surface area contributed by atoms with Crippen molar-refractivity contribution in [3.05, 3.63) is 97.1 Å². The van der Waals surface area contributed by atoms with Gasteiger partial charge in [0.2, 0.25) is 0 Å². The Morgan fingerprint density at radius 2 is 0.571 bits per heavy atom. The quantitative estimate of drug-likeness (QED) is 0.293. The monoisotopic (exact) mass is 504 g/mol. The Kier molecular flexibility index (Phi) is 8.60. The lowest BCUT2D eigenvalue weighted by molar-refractivity contribution is 0.415. The second-order valence-electron chi connectivity index (χ2n) is 7.51. The van der Waals surface area contributed by atoms with Crippen LogP contribution in [0.1, 0.15) is 0 Å². The van der Waals surface area contributed by atoms with Crippen molar-refractivity contribution in [1.29, 1.82) is 0 Å². The second-order valence-corrected chi connectivity index (χ2v) is 11.5. The fourth-order valence-corrected chi connectivity index (χ4v) is 8.18. The molecule has 7 heteroatoms. The highest BCUT2D eigenvalue weighted by molar-refractivity contribution is 7.85. The normalized spacial score (nSPS) is 10.9. The van der Waals surface area contributed by atoms with Crippen LogP contribution in [0.25, 0.3) is 0 Å². The highest BCUT2D eigenvalue weighted by atomic mass is 31.2. The number of nitrogens with zero attached hydrogens (tertiary/aromatic N) is 1. The van der Waals surface area contributed by atoms with E-state index in [-0.39, 0.29) is 0 Å². The maximum Gasteiger partial charge on any atom is 0.118 e. The number of hydrogen-bond donors (Lipinski definition) is 0. The van der Waals surface area contributed by atoms with E-state index in [4.69, 9.17) is 23.8 Å². The molecule has 1 radical (unpaired) electrons. The van der Waals surface area contributed by atoms with Gasteiger partial charge < -0.3 is 18.9 Å². The summed E-state index contributed by atoms with van der Waals surface area (Å²) in [6, 6.07) is 32.8. The van der Waals surface area contributed by atoms with E-state index in [0.717, 1.165) is 44.2 Å². The number of benzene rings is 4. The van der Waals surface area contributed by atoms with Crippen molar-refractivity contribution in [1.82, 2.24) is 4.86 Å². The summed E-state index contributed by atoms with van der Waals surface area (Å²) < 4.78 is 21.6. The number of ether oxygens (including phenoxy) is 4. The first-order chi connectivity index (χ1) is 17.1. The van der Waals surface area contributed by atoms with Crippen LogP contribution in [-0.4, -0.2) is 28.4 Å². The zero-order valence-electron chi connectivity index (χ0n) is 20.2. The fraction of sp³-hybridized carbons (Fsp3) is 0.143. The van der Waals surface area contributed by atoms with Gasteiger partial charge in [-0.05, 0) is 118 Å². The van der Waals surface area contributed by atoms with E-state index < -0.39 is 16.1 Å². The van der Waals surface area contributed by atoms with Crippen LogP contribution in [0.4, 0.5) is 0 Å². The molecular weight excluding hydrogens is 476 g/mol. The van der Waals surface area contributed by atoms with Gasteiger partial charge in [0, 0.05) is 16.1 Å². The van der Waals surface area contributed by atoms with Crippen molar-refractivity contribution >= 4 is 37.4 Å². The van der Waals surface area contributed by atoms with Gasteiger partial charge in [0.15, 0.2) is 0 Å². The topological polar surface area (TPSA) is 51.0 Å². The first-order valence-electron chi connectivity index (χ1n) is 11.0. The van der Waals surface area contributed by atoms with Gasteiger partial charge in [0.05, 0.1) is 28.4 Å². The third-order valence-corrected chi connectivity index (χ3v) is 10.0. The smallest absolute Gasteiger partial charge is 0.118 e. The molecule has 4 aromatic rings. The largest absolute Gasteiger partial charge is 0.497 e. The summed E-state index contributed by atoms with van der Waals surface area (Å²) in [5.41, 5.74) is 0. The van der Waals surface area contributed by atoms with Gasteiger partial charge in [0.25, 0.3) is 0 Å². The van der Waals surface area contributed by atoms with E-state index in [1.165, 1.54) is 0 Å². The maximum atomic E-state index is 5.55. The molecule has 0 spiro atoms. The molecule has 5 nitrogen and oxygen atoms in total. The Labute approximate surface area is 209 Å². The van der Waals surface area contributed by atoms with Crippen molar-refractivity contribution in [2.24, 2.45) is 0 Å². The van der Waals surface area contributed by atoms with Crippen LogP contribution in [0.2, 0.25) is 0 Å². The fourth-order valence-electron chi connectivity index (χ4n) is 3.49. The predicted octanol–water partition coefficient (Wildman–Crippen LogP) is 4.72. The minimum atomic E-state index is -1.01. The third-order valence-electron chi connectivity index (χ3n) is 5.45. The van der Waals surface area contributed by atoms with Gasteiger partial charge >= 0.3 is 0 Å². The number of methoxy groups -OCH3 is 4. The number of hydrogen-bond acceptors (Lipinski definition) is 4. The molecule has 0 unspecified atom stereocenters. The lowest BCUT2D eigenvalue weighted by Crippen LogP contribution is -2.23. The summed E-state index contributed by atoms with van der Waals surface area (Å²) in [6.45, 7) is 0. The zero-order chi connectivity index (χ0) is 24.6. The molecule has 0 atom stereocenters. The van der Waals surface area contributed by atoms with Gasteiger partial charge in [-0.3, -0.25) is 0 Å². The standard InChI is InChI=1S/C28H28NO4P2/c1-30-21-5-13-25(14-6-21)34(26-15-7-22(31-2)8-16-26)29-35(27-17-9-23(32-3)10-18-27)28-19-11-24(33-4)12-20-28/h5-20H,1-4H3. The van der Waals surface area contributed by atoms with Crippen molar-refractivity contribution in [3.8, 4) is 23.0 Å². The summed E-state index contributed by atoms with van der Waals surface area (Å²) in [4.78, 5) is 5.55. The Morgan fingerprint density at radius 3 is 0.743 bits per heavy atom. The predicted molar refractivity (Wildman–Crippen MR) is 146 cm³/mol. The SMILES string of the molecule is COc1ccc(P([N]P(c2ccc(OC)cc2)c2ccc(OC)cc2)c2ccc(OC)cc2)cc1. The Morgan fingerprint density at radius 1 is 0.371 bits per heavy atom. The molecule has 0 aliphatic heterocycles. The van der Waals surface area contributed by atoms with E-state index >= 15 is 0 Å². The molecule has 179 valence electrons. The first kappa shape index (κ1) is 25.0. The molecule has 0 aromatic heterocycles. The third kappa shape index (κ3) is 6.13. The van der Waals surface area contributed by atoms with Crippen molar-refractivity contribution in [2.45, 2.75) is 0 Å². The molecule has 0 heterocycles. The highest BCUT2D eigenvalue weighted by Crippen LogP contribution is 2.45. The van der Waals surface area contributed by atoms with Gasteiger partial charge in [-0.15, -0.1) is 0 Å². The van der Waals surface area contributed by atoms with Crippen molar-refractivity contribution in [3.63, 3.8) is 0 Å². The Hall–Kier alpha value is -3.10. The molecule has 0 fully saturated rings. The van der Waals surface area contributed by atoms with Crippen molar-refractivity contribution < 1.29 is 18.9 Å². The minimum absolute atomic E-state index is 0.825. The van der Waals surface area contributed by atoms with Gasteiger partial charge in [-0.25, -0.2) is 0 Å². The summed E-state index contributed by atoms with van der Waals surface area (Å²) in [5, 5.41) is 4.61. The van der Waals surface area contributed by atoms with Crippen LogP contribution in [0.3, 0.4) is 0 Å². The molecule has 35 heavy (non-hydrogen) atoms. The molecular formula is C28H28NO4P2. The number of rotatable bonds is 10. The van der Waals surface area contributed by atoms with E-state index in [2.05, 4.69) is 48.5 Å². The van der Waals surface area contributed by atoms with Crippen molar-refractivity contribution in [2.75, 3.05) is 28.4 Å². The first-order valence-corrected chi connectivity index (χ1v) is 13.6. The summed E-state index contributed by atoms with van der Waals surface area (Å²) in [6.07, 6.45) is 0. The van der Waals surface area contributed by atoms with Crippen LogP contribution in [0.15, 0.2) is 97.1 Å². The highest BCUT2D eigenvalue weighted by Gasteiger charge is 2.24.